The summed E-state index contributed by atoms with van der Waals surface area (Å²) in [6, 6.07) is 12.2. The van der Waals surface area contributed by atoms with Crippen molar-refractivity contribution in [3.05, 3.63) is 59.2 Å². The Bertz CT molecular complexity index is 1080. The molecule has 2 amide bonds. The van der Waals surface area contributed by atoms with E-state index in [1.807, 2.05) is 32.9 Å². The number of amides is 2. The lowest BCUT2D eigenvalue weighted by molar-refractivity contribution is -0.136. The summed E-state index contributed by atoms with van der Waals surface area (Å²) in [4.78, 5) is 24.8. The number of hydrogen-bond acceptors (Lipinski definition) is 4. The summed E-state index contributed by atoms with van der Waals surface area (Å²) < 4.78 is 27.8. The van der Waals surface area contributed by atoms with Gasteiger partial charge in [-0.05, 0) is 63.8 Å². The quantitative estimate of drug-likeness (QED) is 0.651. The van der Waals surface area contributed by atoms with Crippen LogP contribution in [0.1, 0.15) is 42.4 Å². The van der Waals surface area contributed by atoms with E-state index in [9.17, 15) is 18.0 Å². The molecule has 8 heteroatoms. The minimum absolute atomic E-state index is 0.210. The lowest BCUT2D eigenvalue weighted by Crippen LogP contribution is -2.45. The molecule has 2 aromatic carbocycles. The second kappa shape index (κ2) is 10.3. The molecule has 0 saturated carbocycles. The molecule has 172 valence electrons. The third-order valence-electron chi connectivity index (χ3n) is 5.80. The molecule has 2 aromatic rings. The fourth-order valence-electron chi connectivity index (χ4n) is 3.99. The largest absolute Gasteiger partial charge is 0.348 e. The van der Waals surface area contributed by atoms with E-state index in [-0.39, 0.29) is 17.5 Å². The Morgan fingerprint density at radius 3 is 2.34 bits per heavy atom. The van der Waals surface area contributed by atoms with Gasteiger partial charge in [-0.2, -0.15) is 4.31 Å². The normalized spacial score (nSPS) is 17.0. The summed E-state index contributed by atoms with van der Waals surface area (Å²) >= 11 is 0. The SMILES string of the molecule is Cc1ccc(S(=O)(=O)N2CCCCC2CCNC(=O)C(=O)Nc2ccc(C)cc2C)cc1. The van der Waals surface area contributed by atoms with Crippen LogP contribution in [-0.2, 0) is 19.6 Å². The number of piperidine rings is 1. The van der Waals surface area contributed by atoms with Gasteiger partial charge in [0, 0.05) is 24.8 Å². The number of sulfonamides is 1. The number of carbonyl (C=O) groups is 2. The smallest absolute Gasteiger partial charge is 0.313 e. The van der Waals surface area contributed by atoms with Crippen molar-refractivity contribution >= 4 is 27.5 Å². The Morgan fingerprint density at radius 1 is 0.969 bits per heavy atom. The van der Waals surface area contributed by atoms with Gasteiger partial charge in [0.25, 0.3) is 0 Å². The maximum absolute atomic E-state index is 13.1. The fraction of sp³-hybridized carbons (Fsp3) is 0.417. The van der Waals surface area contributed by atoms with Gasteiger partial charge >= 0.3 is 11.8 Å². The van der Waals surface area contributed by atoms with Crippen molar-refractivity contribution in [2.45, 2.75) is 57.4 Å². The summed E-state index contributed by atoms with van der Waals surface area (Å²) in [5.41, 5.74) is 3.55. The highest BCUT2D eigenvalue weighted by molar-refractivity contribution is 7.89. The first kappa shape index (κ1) is 23.9. The first-order valence-corrected chi connectivity index (χ1v) is 12.4. The van der Waals surface area contributed by atoms with Crippen molar-refractivity contribution in [1.82, 2.24) is 9.62 Å². The van der Waals surface area contributed by atoms with Gasteiger partial charge in [0.1, 0.15) is 0 Å². The Balaban J connectivity index is 1.58. The molecule has 1 aliphatic heterocycles. The summed E-state index contributed by atoms with van der Waals surface area (Å²) in [6.45, 7) is 6.43. The molecule has 7 nitrogen and oxygen atoms in total. The predicted octanol–water partition coefficient (Wildman–Crippen LogP) is 3.30. The van der Waals surface area contributed by atoms with Crippen LogP contribution in [0.5, 0.6) is 0 Å². The van der Waals surface area contributed by atoms with Crippen molar-refractivity contribution in [1.29, 1.82) is 0 Å². The van der Waals surface area contributed by atoms with Crippen LogP contribution in [0.15, 0.2) is 47.4 Å². The number of anilines is 1. The van der Waals surface area contributed by atoms with Crippen molar-refractivity contribution in [3.8, 4) is 0 Å². The van der Waals surface area contributed by atoms with Crippen molar-refractivity contribution < 1.29 is 18.0 Å². The van der Waals surface area contributed by atoms with E-state index in [0.717, 1.165) is 36.0 Å². The van der Waals surface area contributed by atoms with Crippen LogP contribution in [0.4, 0.5) is 5.69 Å². The van der Waals surface area contributed by atoms with Crippen LogP contribution in [0.25, 0.3) is 0 Å². The number of nitrogens with one attached hydrogen (secondary N) is 2. The minimum atomic E-state index is -3.60. The topological polar surface area (TPSA) is 95.6 Å². The van der Waals surface area contributed by atoms with E-state index in [2.05, 4.69) is 10.6 Å². The van der Waals surface area contributed by atoms with E-state index < -0.39 is 21.8 Å². The molecule has 0 spiro atoms. The third kappa shape index (κ3) is 5.75. The van der Waals surface area contributed by atoms with E-state index in [1.54, 1.807) is 34.6 Å². The summed E-state index contributed by atoms with van der Waals surface area (Å²) in [6.07, 6.45) is 2.93. The van der Waals surface area contributed by atoms with Gasteiger partial charge < -0.3 is 10.6 Å². The van der Waals surface area contributed by atoms with Gasteiger partial charge in [-0.15, -0.1) is 0 Å². The first-order chi connectivity index (χ1) is 15.2. The highest BCUT2D eigenvalue weighted by Gasteiger charge is 2.33. The second-order valence-electron chi connectivity index (χ2n) is 8.40. The number of benzene rings is 2. The van der Waals surface area contributed by atoms with Crippen molar-refractivity contribution in [3.63, 3.8) is 0 Å². The average Bonchev–Trinajstić information content (AvgIpc) is 2.76. The summed E-state index contributed by atoms with van der Waals surface area (Å²) in [5, 5.41) is 5.26. The highest BCUT2D eigenvalue weighted by Crippen LogP contribution is 2.27. The van der Waals surface area contributed by atoms with Crippen LogP contribution < -0.4 is 10.6 Å². The summed E-state index contributed by atoms with van der Waals surface area (Å²) in [7, 11) is -3.60. The molecule has 1 fully saturated rings. The molecule has 2 N–H and O–H groups in total. The average molecular weight is 458 g/mol. The Labute approximate surface area is 190 Å². The van der Waals surface area contributed by atoms with E-state index in [0.29, 0.717) is 18.7 Å². The number of carbonyl (C=O) groups excluding carboxylic acids is 2. The number of aryl methyl sites for hydroxylation is 3. The van der Waals surface area contributed by atoms with Crippen LogP contribution in [0, 0.1) is 20.8 Å². The molecule has 0 aliphatic carbocycles. The minimum Gasteiger partial charge on any atom is -0.348 e. The maximum atomic E-state index is 13.1. The van der Waals surface area contributed by atoms with Gasteiger partial charge in [0.05, 0.1) is 4.90 Å². The van der Waals surface area contributed by atoms with Gasteiger partial charge in [0.15, 0.2) is 0 Å². The molecule has 1 unspecified atom stereocenters. The number of hydrogen-bond donors (Lipinski definition) is 2. The predicted molar refractivity (Wildman–Crippen MR) is 125 cm³/mol. The molecule has 1 atom stereocenters. The molecule has 0 radical (unpaired) electrons. The third-order valence-corrected chi connectivity index (χ3v) is 7.77. The molecule has 1 saturated heterocycles. The molecular weight excluding hydrogens is 426 g/mol. The van der Waals surface area contributed by atoms with Gasteiger partial charge in [0.2, 0.25) is 10.0 Å². The summed E-state index contributed by atoms with van der Waals surface area (Å²) in [5.74, 6) is -1.46. The van der Waals surface area contributed by atoms with E-state index in [1.165, 1.54) is 0 Å². The van der Waals surface area contributed by atoms with Crippen LogP contribution in [-0.4, -0.2) is 43.7 Å². The van der Waals surface area contributed by atoms with Crippen LogP contribution >= 0.6 is 0 Å². The number of rotatable bonds is 6. The molecule has 1 heterocycles. The molecule has 0 bridgehead atoms. The highest BCUT2D eigenvalue weighted by atomic mass is 32.2. The molecule has 3 rings (SSSR count). The molecule has 32 heavy (non-hydrogen) atoms. The van der Waals surface area contributed by atoms with Gasteiger partial charge in [-0.1, -0.05) is 41.8 Å². The maximum Gasteiger partial charge on any atom is 0.313 e. The van der Waals surface area contributed by atoms with Crippen LogP contribution in [0.3, 0.4) is 0 Å². The second-order valence-corrected chi connectivity index (χ2v) is 10.3. The Morgan fingerprint density at radius 2 is 1.66 bits per heavy atom. The lowest BCUT2D eigenvalue weighted by Gasteiger charge is -2.34. The standard InChI is InChI=1S/C24H31N3O4S/c1-17-7-10-21(11-8-17)32(30,31)27-15-5-4-6-20(27)13-14-25-23(28)24(29)26-22-12-9-18(2)16-19(22)3/h7-12,16,20H,4-6,13-15H2,1-3H3,(H,25,28)(H,26,29). The Hall–Kier alpha value is -2.71. The molecular formula is C24H31N3O4S. The van der Waals surface area contributed by atoms with Crippen LogP contribution in [0.2, 0.25) is 0 Å². The zero-order valence-corrected chi connectivity index (χ0v) is 19.7. The lowest BCUT2D eigenvalue weighted by atomic mass is 10.0. The van der Waals surface area contributed by atoms with Gasteiger partial charge in [-0.25, -0.2) is 8.42 Å². The van der Waals surface area contributed by atoms with Gasteiger partial charge in [-0.3, -0.25) is 9.59 Å². The van der Waals surface area contributed by atoms with Crippen molar-refractivity contribution in [2.24, 2.45) is 0 Å². The van der Waals surface area contributed by atoms with Crippen molar-refractivity contribution in [2.75, 3.05) is 18.4 Å². The fourth-order valence-corrected chi connectivity index (χ4v) is 5.71. The first-order valence-electron chi connectivity index (χ1n) is 10.9. The zero-order chi connectivity index (χ0) is 23.3. The zero-order valence-electron chi connectivity index (χ0n) is 18.8. The van der Waals surface area contributed by atoms with E-state index in [4.69, 9.17) is 0 Å². The molecule has 1 aliphatic rings. The van der Waals surface area contributed by atoms with E-state index >= 15 is 0 Å². The Kier molecular flexibility index (Phi) is 7.69. The number of nitrogens with zero attached hydrogens (tertiary/aromatic N) is 1. The molecule has 0 aromatic heterocycles. The monoisotopic (exact) mass is 457 g/mol.